The molecular weight excluding hydrogens is 248 g/mol. The molecule has 1 aliphatic heterocycles. The topological polar surface area (TPSA) is 18.5 Å². The predicted octanol–water partition coefficient (Wildman–Crippen LogP) is 5.22. The second-order valence-corrected chi connectivity index (χ2v) is 10.2. The zero-order chi connectivity index (χ0) is 15.6. The lowest BCUT2D eigenvalue weighted by atomic mass is 9.50. The second-order valence-electron chi connectivity index (χ2n) is 10.2. The van der Waals surface area contributed by atoms with E-state index in [-0.39, 0.29) is 27.9 Å². The summed E-state index contributed by atoms with van der Waals surface area (Å²) >= 11 is 0. The Morgan fingerprint density at radius 2 is 1.45 bits per heavy atom. The average molecular weight is 282 g/mol. The highest BCUT2D eigenvalue weighted by atomic mass is 17.3. The maximum atomic E-state index is 5.94. The highest BCUT2D eigenvalue weighted by Crippen LogP contribution is 2.62. The normalized spacial score (nSPS) is 37.5. The van der Waals surface area contributed by atoms with Crippen molar-refractivity contribution in [1.29, 1.82) is 0 Å². The van der Waals surface area contributed by atoms with Crippen molar-refractivity contribution in [2.45, 2.75) is 86.9 Å². The SMILES string of the molecule is CC1CC(C)(C)C2OOC2(C(C(C)(C)C)C(C)(C)C)C1. The highest BCUT2D eigenvalue weighted by Gasteiger charge is 2.68. The van der Waals surface area contributed by atoms with Crippen LogP contribution in [0.25, 0.3) is 0 Å². The molecule has 3 unspecified atom stereocenters. The van der Waals surface area contributed by atoms with Gasteiger partial charge in [0, 0.05) is 5.92 Å². The van der Waals surface area contributed by atoms with Crippen molar-refractivity contribution >= 4 is 0 Å². The molecular formula is C18H34O2. The van der Waals surface area contributed by atoms with E-state index in [2.05, 4.69) is 62.3 Å². The summed E-state index contributed by atoms with van der Waals surface area (Å²) in [6, 6.07) is 0. The fourth-order valence-electron chi connectivity index (χ4n) is 5.86. The molecule has 2 aliphatic rings. The van der Waals surface area contributed by atoms with Crippen LogP contribution in [0.2, 0.25) is 0 Å². The van der Waals surface area contributed by atoms with E-state index >= 15 is 0 Å². The van der Waals surface area contributed by atoms with Crippen LogP contribution in [0.4, 0.5) is 0 Å². The van der Waals surface area contributed by atoms with Gasteiger partial charge in [0.2, 0.25) is 0 Å². The minimum atomic E-state index is -0.113. The predicted molar refractivity (Wildman–Crippen MR) is 83.3 cm³/mol. The first-order chi connectivity index (χ1) is 8.81. The van der Waals surface area contributed by atoms with Crippen LogP contribution in [0.15, 0.2) is 0 Å². The number of fused-ring (bicyclic) bond motifs is 1. The van der Waals surface area contributed by atoms with Crippen molar-refractivity contribution in [2.24, 2.45) is 28.1 Å². The van der Waals surface area contributed by atoms with Crippen molar-refractivity contribution in [1.82, 2.24) is 0 Å². The first kappa shape index (κ1) is 16.3. The monoisotopic (exact) mass is 282 g/mol. The Bertz CT molecular complexity index is 358. The van der Waals surface area contributed by atoms with Crippen LogP contribution in [-0.4, -0.2) is 11.7 Å². The summed E-state index contributed by atoms with van der Waals surface area (Å²) < 4.78 is 0. The Balaban J connectivity index is 2.46. The minimum Gasteiger partial charge on any atom is -0.229 e. The summed E-state index contributed by atoms with van der Waals surface area (Å²) in [5, 5.41) is 0. The average Bonchev–Trinajstić information content (AvgIpc) is 2.05. The molecule has 0 N–H and O–H groups in total. The summed E-state index contributed by atoms with van der Waals surface area (Å²) in [7, 11) is 0. The van der Waals surface area contributed by atoms with Crippen LogP contribution in [-0.2, 0) is 9.78 Å². The molecule has 1 heterocycles. The van der Waals surface area contributed by atoms with Crippen molar-refractivity contribution < 1.29 is 9.78 Å². The number of hydrogen-bond acceptors (Lipinski definition) is 2. The molecule has 2 rings (SSSR count). The largest absolute Gasteiger partial charge is 0.229 e. The highest BCUT2D eigenvalue weighted by molar-refractivity contribution is 5.12. The molecule has 1 saturated heterocycles. The third-order valence-electron chi connectivity index (χ3n) is 5.22. The lowest BCUT2D eigenvalue weighted by molar-refractivity contribution is -0.557. The molecule has 0 aromatic heterocycles. The maximum absolute atomic E-state index is 5.94. The van der Waals surface area contributed by atoms with Gasteiger partial charge < -0.3 is 0 Å². The summed E-state index contributed by atoms with van der Waals surface area (Å²) in [4.78, 5) is 11.6. The molecule has 1 saturated carbocycles. The molecule has 1 aliphatic carbocycles. The summed E-state index contributed by atoms with van der Waals surface area (Å²) in [6.07, 6.45) is 2.58. The fourth-order valence-corrected chi connectivity index (χ4v) is 5.86. The van der Waals surface area contributed by atoms with E-state index in [4.69, 9.17) is 9.78 Å². The van der Waals surface area contributed by atoms with E-state index in [1.165, 1.54) is 6.42 Å². The van der Waals surface area contributed by atoms with Crippen molar-refractivity contribution in [3.05, 3.63) is 0 Å². The Morgan fingerprint density at radius 1 is 0.950 bits per heavy atom. The molecule has 118 valence electrons. The van der Waals surface area contributed by atoms with Gasteiger partial charge in [-0.3, -0.25) is 0 Å². The standard InChI is InChI=1S/C18H34O2/c1-12-10-17(8,9)14-18(11-12,20-19-14)13(15(2,3)4)16(5,6)7/h12-14H,10-11H2,1-9H3. The Kier molecular flexibility index (Phi) is 3.63. The Labute approximate surface area is 125 Å². The van der Waals surface area contributed by atoms with Gasteiger partial charge in [0.05, 0.1) is 0 Å². The van der Waals surface area contributed by atoms with Gasteiger partial charge in [0.1, 0.15) is 11.7 Å². The fraction of sp³-hybridized carbons (Fsp3) is 1.00. The van der Waals surface area contributed by atoms with Crippen molar-refractivity contribution in [2.75, 3.05) is 0 Å². The molecule has 0 spiro atoms. The molecule has 0 bridgehead atoms. The second kappa shape index (κ2) is 4.46. The van der Waals surface area contributed by atoms with Crippen LogP contribution in [0.3, 0.4) is 0 Å². The van der Waals surface area contributed by atoms with Crippen molar-refractivity contribution in [3.63, 3.8) is 0 Å². The Morgan fingerprint density at radius 3 is 1.80 bits per heavy atom. The van der Waals surface area contributed by atoms with Crippen LogP contribution in [0, 0.1) is 28.1 Å². The first-order valence-corrected chi connectivity index (χ1v) is 8.15. The molecule has 2 heteroatoms. The quantitative estimate of drug-likeness (QED) is 0.614. The van der Waals surface area contributed by atoms with E-state index in [1.54, 1.807) is 0 Å². The maximum Gasteiger partial charge on any atom is 0.137 e. The van der Waals surface area contributed by atoms with Gasteiger partial charge in [-0.25, -0.2) is 9.78 Å². The third-order valence-corrected chi connectivity index (χ3v) is 5.22. The number of rotatable bonds is 1. The van der Waals surface area contributed by atoms with Crippen molar-refractivity contribution in [3.8, 4) is 0 Å². The first-order valence-electron chi connectivity index (χ1n) is 8.15. The molecule has 0 radical (unpaired) electrons. The summed E-state index contributed by atoms with van der Waals surface area (Å²) in [5.41, 5.74) is 0.489. The van der Waals surface area contributed by atoms with Gasteiger partial charge in [-0.2, -0.15) is 0 Å². The molecule has 0 aromatic carbocycles. The number of hydrogen-bond donors (Lipinski definition) is 0. The lowest BCUT2D eigenvalue weighted by Crippen LogP contribution is -2.72. The van der Waals surface area contributed by atoms with Gasteiger partial charge in [0.25, 0.3) is 0 Å². The van der Waals surface area contributed by atoms with Crippen LogP contribution in [0.1, 0.15) is 75.2 Å². The van der Waals surface area contributed by atoms with E-state index in [0.29, 0.717) is 11.8 Å². The third kappa shape index (κ3) is 2.43. The van der Waals surface area contributed by atoms with E-state index in [0.717, 1.165) is 6.42 Å². The van der Waals surface area contributed by atoms with E-state index < -0.39 is 0 Å². The van der Waals surface area contributed by atoms with Crippen LogP contribution >= 0.6 is 0 Å². The van der Waals surface area contributed by atoms with Gasteiger partial charge >= 0.3 is 0 Å². The zero-order valence-electron chi connectivity index (χ0n) is 15.0. The molecule has 3 atom stereocenters. The van der Waals surface area contributed by atoms with Gasteiger partial charge in [-0.05, 0) is 35.0 Å². The molecule has 2 fully saturated rings. The lowest BCUT2D eigenvalue weighted by Gasteiger charge is -2.65. The molecule has 0 aromatic rings. The van der Waals surface area contributed by atoms with Crippen LogP contribution < -0.4 is 0 Å². The summed E-state index contributed by atoms with van der Waals surface area (Å²) in [6.45, 7) is 21.1. The molecule has 2 nitrogen and oxygen atoms in total. The van der Waals surface area contributed by atoms with Gasteiger partial charge in [0.15, 0.2) is 0 Å². The van der Waals surface area contributed by atoms with E-state index in [1.807, 2.05) is 0 Å². The smallest absolute Gasteiger partial charge is 0.137 e. The van der Waals surface area contributed by atoms with Gasteiger partial charge in [-0.15, -0.1) is 0 Å². The molecule has 20 heavy (non-hydrogen) atoms. The summed E-state index contributed by atoms with van der Waals surface area (Å²) in [5.74, 6) is 1.17. The van der Waals surface area contributed by atoms with Crippen LogP contribution in [0.5, 0.6) is 0 Å². The van der Waals surface area contributed by atoms with E-state index in [9.17, 15) is 0 Å². The minimum absolute atomic E-state index is 0.113. The Hall–Kier alpha value is -0.0800. The molecule has 0 amide bonds. The zero-order valence-corrected chi connectivity index (χ0v) is 15.0. The van der Waals surface area contributed by atoms with Gasteiger partial charge in [-0.1, -0.05) is 62.3 Å².